The third kappa shape index (κ3) is 4.27. The number of nitrogens with zero attached hydrogens (tertiary/aromatic N) is 4. The number of carbonyl (C=O) groups is 1. The molecule has 0 N–H and O–H groups in total. The number of anilines is 2. The Kier molecular flexibility index (Phi) is 6.24. The number of aryl methyl sites for hydroxylation is 1. The number of benzene rings is 3. The molecule has 0 amide bonds. The maximum absolute atomic E-state index is 12.5. The van der Waals surface area contributed by atoms with Crippen LogP contribution in [0.3, 0.4) is 0 Å². The van der Waals surface area contributed by atoms with Gasteiger partial charge in [-0.2, -0.15) is 10.2 Å². The average molecular weight is 483 g/mol. The molecule has 35 heavy (non-hydrogen) atoms. The van der Waals surface area contributed by atoms with E-state index in [1.165, 1.54) is 17.3 Å². The van der Waals surface area contributed by atoms with E-state index in [0.717, 1.165) is 41.1 Å². The molecule has 5 rings (SSSR count). The Morgan fingerprint density at radius 1 is 0.914 bits per heavy atom. The maximum Gasteiger partial charge on any atom is 0.208 e. The molecule has 0 unspecified atom stereocenters. The third-order valence-electron chi connectivity index (χ3n) is 6.58. The Morgan fingerprint density at radius 3 is 2.26 bits per heavy atom. The van der Waals surface area contributed by atoms with Crippen LogP contribution < -0.4 is 10.0 Å². The summed E-state index contributed by atoms with van der Waals surface area (Å²) in [6.45, 7) is 8.08. The second-order valence-electron chi connectivity index (χ2n) is 9.38. The molecule has 0 fully saturated rings. The number of rotatable bonds is 5. The molecule has 2 aliphatic heterocycles. The Balaban J connectivity index is 1.64. The fourth-order valence-electron chi connectivity index (χ4n) is 4.59. The van der Waals surface area contributed by atoms with Crippen LogP contribution in [0.2, 0.25) is 0 Å². The van der Waals surface area contributed by atoms with Gasteiger partial charge >= 0.3 is 0 Å². The zero-order valence-corrected chi connectivity index (χ0v) is 21.4. The predicted molar refractivity (Wildman–Crippen MR) is 147 cm³/mol. The molecule has 0 aromatic heterocycles. The van der Waals surface area contributed by atoms with Crippen LogP contribution in [0.4, 0.5) is 11.4 Å². The van der Waals surface area contributed by atoms with Gasteiger partial charge in [-0.3, -0.25) is 4.79 Å². The van der Waals surface area contributed by atoms with E-state index in [0.29, 0.717) is 11.0 Å². The number of hydrazone groups is 2. The van der Waals surface area contributed by atoms with Gasteiger partial charge < -0.3 is 0 Å². The van der Waals surface area contributed by atoms with Crippen molar-refractivity contribution in [2.75, 3.05) is 10.0 Å². The molecule has 2 aliphatic rings. The van der Waals surface area contributed by atoms with Crippen LogP contribution in [0.1, 0.15) is 56.2 Å². The molecule has 6 heteroatoms. The van der Waals surface area contributed by atoms with E-state index in [4.69, 9.17) is 10.2 Å². The van der Waals surface area contributed by atoms with E-state index in [2.05, 4.69) is 74.3 Å². The van der Waals surface area contributed by atoms with Gasteiger partial charge in [0, 0.05) is 13.3 Å². The molecule has 0 radical (unpaired) electrons. The quantitative estimate of drug-likeness (QED) is 0.395. The highest BCUT2D eigenvalue weighted by atomic mass is 32.2. The number of hydrogen-bond donors (Lipinski definition) is 0. The summed E-state index contributed by atoms with van der Waals surface area (Å²) in [6.07, 6.45) is 1.53. The molecule has 0 saturated heterocycles. The van der Waals surface area contributed by atoms with Gasteiger partial charge in [-0.05, 0) is 65.9 Å². The monoisotopic (exact) mass is 482 g/mol. The van der Waals surface area contributed by atoms with E-state index in [-0.39, 0.29) is 5.78 Å². The van der Waals surface area contributed by atoms with E-state index < -0.39 is 4.99 Å². The van der Waals surface area contributed by atoms with Crippen molar-refractivity contribution >= 4 is 39.7 Å². The lowest BCUT2D eigenvalue weighted by atomic mass is 9.97. The lowest BCUT2D eigenvalue weighted by molar-refractivity contribution is -0.110. The minimum atomic E-state index is -0.671. The first-order valence-corrected chi connectivity index (χ1v) is 12.9. The summed E-state index contributed by atoms with van der Waals surface area (Å²) in [4.78, 5) is 11.8. The van der Waals surface area contributed by atoms with Gasteiger partial charge in [-0.15, -0.1) is 0 Å². The van der Waals surface area contributed by atoms with E-state index in [9.17, 15) is 4.79 Å². The largest absolute Gasteiger partial charge is 0.292 e. The zero-order chi connectivity index (χ0) is 24.6. The van der Waals surface area contributed by atoms with Gasteiger partial charge in [0.15, 0.2) is 10.8 Å². The molecule has 0 saturated carbocycles. The van der Waals surface area contributed by atoms with Crippen LogP contribution in [0, 0.1) is 6.92 Å². The highest BCUT2D eigenvalue weighted by molar-refractivity contribution is 8.17. The summed E-state index contributed by atoms with van der Waals surface area (Å²) in [5.74, 6) is 0.457. The lowest BCUT2D eigenvalue weighted by Gasteiger charge is -2.46. The average Bonchev–Trinajstić information content (AvgIpc) is 3.25. The number of hydrogen-bond acceptors (Lipinski definition) is 6. The highest BCUT2D eigenvalue weighted by Crippen LogP contribution is 2.50. The summed E-state index contributed by atoms with van der Waals surface area (Å²) in [5, 5.41) is 14.7. The molecule has 1 atom stereocenters. The summed E-state index contributed by atoms with van der Waals surface area (Å²) >= 11 is 1.51. The van der Waals surface area contributed by atoms with Gasteiger partial charge in [0.2, 0.25) is 4.99 Å². The van der Waals surface area contributed by atoms with Gasteiger partial charge in [-0.25, -0.2) is 10.0 Å². The normalized spacial score (nSPS) is 19.8. The Bertz CT molecular complexity index is 1300. The van der Waals surface area contributed by atoms with E-state index in [1.54, 1.807) is 6.92 Å². The van der Waals surface area contributed by atoms with Gasteiger partial charge in [-0.1, -0.05) is 74.5 Å². The lowest BCUT2D eigenvalue weighted by Crippen LogP contribution is -2.56. The summed E-state index contributed by atoms with van der Waals surface area (Å²) < 4.78 is 0. The van der Waals surface area contributed by atoms with Gasteiger partial charge in [0.25, 0.3) is 0 Å². The standard InChI is InChI=1S/C29H30N4OS/c1-20(2)23-14-16-24(17-15-23)26-18-19-29(32(30-26)25-11-6-5-7-12-25)33(31-28(35-29)22(4)34)27-13-9-8-10-21(27)3/h5-17,20H,18-19H2,1-4H3/t29-/m0/s1. The van der Waals surface area contributed by atoms with Crippen molar-refractivity contribution in [2.24, 2.45) is 10.2 Å². The van der Waals surface area contributed by atoms with Crippen LogP contribution in [0.15, 0.2) is 89.1 Å². The molecule has 5 nitrogen and oxygen atoms in total. The smallest absolute Gasteiger partial charge is 0.208 e. The molecule has 0 aliphatic carbocycles. The van der Waals surface area contributed by atoms with Crippen molar-refractivity contribution in [3.05, 3.63) is 95.6 Å². The minimum absolute atomic E-state index is 0.0301. The number of para-hydroxylation sites is 2. The maximum atomic E-state index is 12.5. The molecule has 0 bridgehead atoms. The second-order valence-corrected chi connectivity index (χ2v) is 10.6. The summed E-state index contributed by atoms with van der Waals surface area (Å²) in [6, 6.07) is 27.1. The predicted octanol–water partition coefficient (Wildman–Crippen LogP) is 6.93. The Hall–Kier alpha value is -3.38. The number of ketones is 1. The highest BCUT2D eigenvalue weighted by Gasteiger charge is 2.53. The van der Waals surface area contributed by atoms with E-state index in [1.807, 2.05) is 35.3 Å². The molecule has 178 valence electrons. The minimum Gasteiger partial charge on any atom is -0.292 e. The zero-order valence-electron chi connectivity index (χ0n) is 20.6. The molecular weight excluding hydrogens is 452 g/mol. The van der Waals surface area contributed by atoms with Crippen molar-refractivity contribution in [1.82, 2.24) is 0 Å². The Morgan fingerprint density at radius 2 is 1.60 bits per heavy atom. The number of thioether (sulfide) groups is 1. The van der Waals surface area contributed by atoms with Crippen LogP contribution in [0.25, 0.3) is 0 Å². The van der Waals surface area contributed by atoms with Crippen LogP contribution in [0.5, 0.6) is 0 Å². The second kappa shape index (κ2) is 9.34. The topological polar surface area (TPSA) is 48.3 Å². The Labute approximate surface area is 211 Å². The fraction of sp³-hybridized carbons (Fsp3) is 0.276. The molecule has 3 aromatic rings. The molecular formula is C29H30N4OS. The van der Waals surface area contributed by atoms with Crippen molar-refractivity contribution < 1.29 is 4.79 Å². The summed E-state index contributed by atoms with van der Waals surface area (Å²) in [5.41, 5.74) is 6.54. The third-order valence-corrected chi connectivity index (χ3v) is 8.02. The summed E-state index contributed by atoms with van der Waals surface area (Å²) in [7, 11) is 0. The molecule has 1 spiro atoms. The SMILES string of the molecule is CC(=O)C1=NN(c2ccccc2C)[C@@]2(CCC(c3ccc(C(C)C)cc3)=NN2c2ccccc2)S1. The molecule has 2 heterocycles. The van der Waals surface area contributed by atoms with Crippen molar-refractivity contribution in [2.45, 2.75) is 51.4 Å². The van der Waals surface area contributed by atoms with Gasteiger partial charge in [0.05, 0.1) is 17.1 Å². The first-order chi connectivity index (χ1) is 16.9. The first kappa shape index (κ1) is 23.4. The molecule has 3 aromatic carbocycles. The first-order valence-electron chi connectivity index (χ1n) is 12.1. The van der Waals surface area contributed by atoms with Crippen LogP contribution in [-0.2, 0) is 4.79 Å². The van der Waals surface area contributed by atoms with Crippen molar-refractivity contribution in [3.63, 3.8) is 0 Å². The van der Waals surface area contributed by atoms with Crippen LogP contribution in [-0.4, -0.2) is 21.5 Å². The number of carbonyl (C=O) groups excluding carboxylic acids is 1. The fourth-order valence-corrected chi connectivity index (χ4v) is 5.83. The van der Waals surface area contributed by atoms with E-state index >= 15 is 0 Å². The van der Waals surface area contributed by atoms with Crippen molar-refractivity contribution in [1.29, 1.82) is 0 Å². The van der Waals surface area contributed by atoms with Gasteiger partial charge in [0.1, 0.15) is 0 Å². The van der Waals surface area contributed by atoms with Crippen molar-refractivity contribution in [3.8, 4) is 0 Å². The van der Waals surface area contributed by atoms with Crippen LogP contribution >= 0.6 is 11.8 Å². The number of Topliss-reactive ketones (excluding diaryl/α,β-unsaturated/α-hetero) is 1.